The summed E-state index contributed by atoms with van der Waals surface area (Å²) in [6.07, 6.45) is 3.75. The molecule has 5 heteroatoms. The largest absolute Gasteiger partial charge is 0.341 e. The molecule has 3 aliphatic heterocycles. The van der Waals surface area contributed by atoms with Gasteiger partial charge in [0.1, 0.15) is 0 Å². The van der Waals surface area contributed by atoms with Gasteiger partial charge in [0, 0.05) is 30.8 Å². The molecule has 102 valence electrons. The van der Waals surface area contributed by atoms with Gasteiger partial charge in [-0.3, -0.25) is 10.1 Å². The van der Waals surface area contributed by atoms with Crippen LogP contribution < -0.4 is 5.32 Å². The maximum Gasteiger partial charge on any atom is 0.240 e. The van der Waals surface area contributed by atoms with Gasteiger partial charge >= 0.3 is 0 Å². The third-order valence-electron chi connectivity index (χ3n) is 4.67. The van der Waals surface area contributed by atoms with Gasteiger partial charge in [-0.05, 0) is 38.8 Å². The summed E-state index contributed by atoms with van der Waals surface area (Å²) in [6, 6.07) is 0.793. The van der Waals surface area contributed by atoms with Gasteiger partial charge in [0.25, 0.3) is 0 Å². The summed E-state index contributed by atoms with van der Waals surface area (Å²) < 4.78 is 0. The van der Waals surface area contributed by atoms with E-state index in [0.717, 1.165) is 31.1 Å². The van der Waals surface area contributed by atoms with Crippen molar-refractivity contribution in [1.82, 2.24) is 15.1 Å². The van der Waals surface area contributed by atoms with Crippen LogP contribution in [0, 0.1) is 5.92 Å². The average molecular weight is 269 g/mol. The first-order valence-corrected chi connectivity index (χ1v) is 8.21. The predicted octanol–water partition coefficient (Wildman–Crippen LogP) is 0.592. The second-order valence-electron chi connectivity index (χ2n) is 5.80. The molecule has 3 atom stereocenters. The number of carbonyl (C=O) groups excluding carboxylic acids is 1. The summed E-state index contributed by atoms with van der Waals surface area (Å²) >= 11 is 1.83. The lowest BCUT2D eigenvalue weighted by Gasteiger charge is -2.46. The van der Waals surface area contributed by atoms with E-state index in [1.54, 1.807) is 0 Å². The Hall–Kier alpha value is -0.260. The molecule has 0 saturated carbocycles. The van der Waals surface area contributed by atoms with Crippen LogP contribution in [0.5, 0.6) is 0 Å². The van der Waals surface area contributed by atoms with Crippen LogP contribution in [-0.2, 0) is 4.79 Å². The second kappa shape index (κ2) is 5.39. The Bertz CT molecular complexity index is 319. The zero-order valence-corrected chi connectivity index (χ0v) is 11.9. The highest BCUT2D eigenvalue weighted by atomic mass is 32.2. The molecule has 3 saturated heterocycles. The van der Waals surface area contributed by atoms with Gasteiger partial charge in [0.05, 0.1) is 6.04 Å². The first kappa shape index (κ1) is 12.8. The molecule has 0 bridgehead atoms. The Morgan fingerprint density at radius 3 is 3.00 bits per heavy atom. The molecule has 1 N–H and O–H groups in total. The molecular formula is C13H23N3OS. The third-order valence-corrected chi connectivity index (χ3v) is 5.61. The number of hydrogen-bond donors (Lipinski definition) is 1. The minimum atomic E-state index is 0.0767. The van der Waals surface area contributed by atoms with Crippen LogP contribution in [0.15, 0.2) is 0 Å². The molecule has 0 aromatic heterocycles. The van der Waals surface area contributed by atoms with Crippen molar-refractivity contribution in [3.05, 3.63) is 0 Å². The fourth-order valence-electron chi connectivity index (χ4n) is 3.63. The normalized spacial score (nSPS) is 37.6. The van der Waals surface area contributed by atoms with E-state index in [-0.39, 0.29) is 6.04 Å². The highest BCUT2D eigenvalue weighted by Crippen LogP contribution is 2.30. The number of likely N-dealkylation sites (tertiary alicyclic amines) is 2. The minimum Gasteiger partial charge on any atom is -0.341 e. The first-order valence-electron chi connectivity index (χ1n) is 7.06. The van der Waals surface area contributed by atoms with Crippen LogP contribution in [-0.4, -0.2) is 66.1 Å². The van der Waals surface area contributed by atoms with Crippen LogP contribution >= 0.6 is 11.8 Å². The lowest BCUT2D eigenvalue weighted by molar-refractivity contribution is -0.136. The lowest BCUT2D eigenvalue weighted by Crippen LogP contribution is -2.56. The number of carbonyl (C=O) groups is 1. The lowest BCUT2D eigenvalue weighted by atomic mass is 9.84. The number of rotatable bonds is 1. The van der Waals surface area contributed by atoms with E-state index in [0.29, 0.717) is 17.9 Å². The molecule has 3 rings (SSSR count). The van der Waals surface area contributed by atoms with Crippen molar-refractivity contribution in [3.63, 3.8) is 0 Å². The molecule has 18 heavy (non-hydrogen) atoms. The Labute approximate surface area is 113 Å². The monoisotopic (exact) mass is 269 g/mol. The number of thioether (sulfide) groups is 1. The standard InChI is InChI=1S/C13H23N3OS/c1-15-5-2-3-10-7-16(6-4-12(10)15)13(17)11-8-18-9-14-11/h10-12,14H,2-9H2,1H3. The van der Waals surface area contributed by atoms with Crippen LogP contribution in [0.25, 0.3) is 0 Å². The Morgan fingerprint density at radius 2 is 2.22 bits per heavy atom. The van der Waals surface area contributed by atoms with Gasteiger partial charge in [-0.2, -0.15) is 0 Å². The van der Waals surface area contributed by atoms with Gasteiger partial charge in [0.2, 0.25) is 5.91 Å². The quantitative estimate of drug-likeness (QED) is 0.756. The highest BCUT2D eigenvalue weighted by Gasteiger charge is 2.37. The summed E-state index contributed by atoms with van der Waals surface area (Å²) in [4.78, 5) is 17.0. The van der Waals surface area contributed by atoms with E-state index >= 15 is 0 Å². The Kier molecular flexibility index (Phi) is 3.82. The van der Waals surface area contributed by atoms with Gasteiger partial charge in [-0.25, -0.2) is 0 Å². The molecule has 0 radical (unpaired) electrons. The van der Waals surface area contributed by atoms with Crippen LogP contribution in [0.2, 0.25) is 0 Å². The number of fused-ring (bicyclic) bond motifs is 1. The van der Waals surface area contributed by atoms with Crippen molar-refractivity contribution >= 4 is 17.7 Å². The van der Waals surface area contributed by atoms with E-state index in [9.17, 15) is 4.79 Å². The zero-order valence-electron chi connectivity index (χ0n) is 11.1. The molecule has 3 heterocycles. The molecule has 3 fully saturated rings. The van der Waals surface area contributed by atoms with Crippen LogP contribution in [0.1, 0.15) is 19.3 Å². The zero-order chi connectivity index (χ0) is 12.5. The molecule has 0 aliphatic carbocycles. The van der Waals surface area contributed by atoms with E-state index in [1.165, 1.54) is 19.4 Å². The van der Waals surface area contributed by atoms with Crippen molar-refractivity contribution in [2.24, 2.45) is 5.92 Å². The van der Waals surface area contributed by atoms with Crippen molar-refractivity contribution in [3.8, 4) is 0 Å². The van der Waals surface area contributed by atoms with Crippen molar-refractivity contribution in [2.75, 3.05) is 38.3 Å². The van der Waals surface area contributed by atoms with Gasteiger partial charge in [0.15, 0.2) is 0 Å². The summed E-state index contributed by atoms with van der Waals surface area (Å²) in [6.45, 7) is 3.17. The average Bonchev–Trinajstić information content (AvgIpc) is 2.91. The fourth-order valence-corrected chi connectivity index (χ4v) is 4.56. The van der Waals surface area contributed by atoms with E-state index in [1.807, 2.05) is 11.8 Å². The van der Waals surface area contributed by atoms with E-state index in [2.05, 4.69) is 22.2 Å². The third kappa shape index (κ3) is 2.40. The molecule has 0 spiro atoms. The van der Waals surface area contributed by atoms with Crippen LogP contribution in [0.4, 0.5) is 0 Å². The first-order chi connectivity index (χ1) is 8.75. The second-order valence-corrected chi connectivity index (χ2v) is 6.83. The van der Waals surface area contributed by atoms with Crippen molar-refractivity contribution in [1.29, 1.82) is 0 Å². The molecule has 0 aromatic rings. The van der Waals surface area contributed by atoms with E-state index < -0.39 is 0 Å². The highest BCUT2D eigenvalue weighted by molar-refractivity contribution is 7.99. The number of piperidine rings is 2. The maximum atomic E-state index is 12.4. The van der Waals surface area contributed by atoms with Gasteiger partial charge in [-0.1, -0.05) is 0 Å². The number of nitrogens with zero attached hydrogens (tertiary/aromatic N) is 2. The number of amides is 1. The summed E-state index contributed by atoms with van der Waals surface area (Å²) in [5, 5.41) is 3.30. The summed E-state index contributed by atoms with van der Waals surface area (Å²) in [7, 11) is 2.24. The Morgan fingerprint density at radius 1 is 1.33 bits per heavy atom. The van der Waals surface area contributed by atoms with E-state index in [4.69, 9.17) is 0 Å². The minimum absolute atomic E-state index is 0.0767. The molecule has 4 nitrogen and oxygen atoms in total. The predicted molar refractivity (Wildman–Crippen MR) is 74.6 cm³/mol. The molecular weight excluding hydrogens is 246 g/mol. The Balaban J connectivity index is 1.61. The topological polar surface area (TPSA) is 35.6 Å². The van der Waals surface area contributed by atoms with Crippen LogP contribution in [0.3, 0.4) is 0 Å². The van der Waals surface area contributed by atoms with Gasteiger partial charge in [-0.15, -0.1) is 11.8 Å². The summed E-state index contributed by atoms with van der Waals surface area (Å²) in [5.41, 5.74) is 0. The van der Waals surface area contributed by atoms with Crippen molar-refractivity contribution < 1.29 is 4.79 Å². The number of hydrogen-bond acceptors (Lipinski definition) is 4. The summed E-state index contributed by atoms with van der Waals surface area (Å²) in [5.74, 6) is 2.92. The molecule has 0 aromatic carbocycles. The SMILES string of the molecule is CN1CCCC2CN(C(=O)C3CSCN3)CCC21. The fraction of sp³-hybridized carbons (Fsp3) is 0.923. The van der Waals surface area contributed by atoms with Gasteiger partial charge < -0.3 is 9.80 Å². The molecule has 1 amide bonds. The smallest absolute Gasteiger partial charge is 0.240 e. The molecule has 3 unspecified atom stereocenters. The maximum absolute atomic E-state index is 12.4. The molecule has 3 aliphatic rings. The van der Waals surface area contributed by atoms with Crippen molar-refractivity contribution in [2.45, 2.75) is 31.3 Å². The number of nitrogens with one attached hydrogen (secondary N) is 1.